The molecule has 3 N–H and O–H groups in total. The maximum atomic E-state index is 5.70. The number of hydrogen-bond acceptors (Lipinski definition) is 2. The molecular weight excluding hydrogens is 280 g/mol. The Balaban J connectivity index is 2.28. The molecule has 0 saturated heterocycles. The fourth-order valence-corrected chi connectivity index (χ4v) is 2.41. The molecule has 0 bridgehead atoms. The number of aromatic amines is 1. The molecule has 0 fully saturated rings. The average Bonchev–Trinajstić information content (AvgIpc) is 2.81. The molecule has 0 amide bonds. The number of hydrogen-bond donors (Lipinski definition) is 2. The first-order chi connectivity index (χ1) is 8.15. The number of nitrogens with zero attached hydrogens (tertiary/aromatic N) is 2. The molecule has 0 aliphatic rings. The Morgan fingerprint density at radius 3 is 2.88 bits per heavy atom. The Morgan fingerprint density at radius 1 is 1.35 bits per heavy atom. The second-order valence-corrected chi connectivity index (χ2v) is 4.89. The van der Waals surface area contributed by atoms with Gasteiger partial charge in [0.25, 0.3) is 0 Å². The van der Waals surface area contributed by atoms with E-state index in [1.54, 1.807) is 4.68 Å². The van der Waals surface area contributed by atoms with E-state index in [0.29, 0.717) is 5.82 Å². The summed E-state index contributed by atoms with van der Waals surface area (Å²) >= 11 is 3.46. The lowest BCUT2D eigenvalue weighted by Crippen LogP contribution is -1.94. The number of H-pyrrole nitrogens is 1. The number of halogens is 1. The number of anilines is 1. The molecule has 86 valence electrons. The number of nitrogens with one attached hydrogen (secondary N) is 1. The SMILES string of the molecule is Cn1nc(N)cc1-c1c[nH]c2cc(Br)ccc12. The van der Waals surface area contributed by atoms with Crippen LogP contribution >= 0.6 is 15.9 Å². The first-order valence-corrected chi connectivity index (χ1v) is 6.01. The van der Waals surface area contributed by atoms with Crippen molar-refractivity contribution < 1.29 is 0 Å². The van der Waals surface area contributed by atoms with Gasteiger partial charge in [-0.15, -0.1) is 0 Å². The number of nitrogens with two attached hydrogens (primary N) is 1. The molecule has 1 aromatic carbocycles. The smallest absolute Gasteiger partial charge is 0.146 e. The summed E-state index contributed by atoms with van der Waals surface area (Å²) in [5, 5.41) is 5.33. The van der Waals surface area contributed by atoms with E-state index in [0.717, 1.165) is 26.6 Å². The van der Waals surface area contributed by atoms with Crippen molar-refractivity contribution in [3.8, 4) is 11.3 Å². The van der Waals surface area contributed by atoms with Crippen molar-refractivity contribution in [2.45, 2.75) is 0 Å². The average molecular weight is 291 g/mol. The van der Waals surface area contributed by atoms with Crippen molar-refractivity contribution in [3.63, 3.8) is 0 Å². The molecule has 0 unspecified atom stereocenters. The predicted molar refractivity (Wildman–Crippen MR) is 72.6 cm³/mol. The topological polar surface area (TPSA) is 59.6 Å². The van der Waals surface area contributed by atoms with Crippen molar-refractivity contribution in [1.29, 1.82) is 0 Å². The third kappa shape index (κ3) is 1.63. The van der Waals surface area contributed by atoms with Gasteiger partial charge in [-0.1, -0.05) is 22.0 Å². The Labute approximate surface area is 107 Å². The van der Waals surface area contributed by atoms with Crippen LogP contribution < -0.4 is 5.73 Å². The van der Waals surface area contributed by atoms with Gasteiger partial charge in [0.15, 0.2) is 0 Å². The highest BCUT2D eigenvalue weighted by Gasteiger charge is 2.10. The van der Waals surface area contributed by atoms with Crippen LogP contribution in [-0.4, -0.2) is 14.8 Å². The van der Waals surface area contributed by atoms with E-state index in [-0.39, 0.29) is 0 Å². The highest BCUT2D eigenvalue weighted by atomic mass is 79.9. The lowest BCUT2D eigenvalue weighted by atomic mass is 10.1. The summed E-state index contributed by atoms with van der Waals surface area (Å²) in [5.41, 5.74) is 8.92. The standard InChI is InChI=1S/C12H11BrN4/c1-17-11(5-12(14)16-17)9-6-15-10-4-7(13)2-3-8(9)10/h2-6,15H,1H3,(H2,14,16). The van der Waals surface area contributed by atoms with Crippen LogP contribution in [0.2, 0.25) is 0 Å². The van der Waals surface area contributed by atoms with Crippen LogP contribution in [0.1, 0.15) is 0 Å². The van der Waals surface area contributed by atoms with E-state index in [1.165, 1.54) is 0 Å². The molecule has 0 saturated carbocycles. The Hall–Kier alpha value is -1.75. The van der Waals surface area contributed by atoms with Gasteiger partial charge in [0.2, 0.25) is 0 Å². The van der Waals surface area contributed by atoms with E-state index in [4.69, 9.17) is 5.73 Å². The highest BCUT2D eigenvalue weighted by Crippen LogP contribution is 2.30. The van der Waals surface area contributed by atoms with Gasteiger partial charge in [-0.3, -0.25) is 4.68 Å². The van der Waals surface area contributed by atoms with E-state index in [2.05, 4.69) is 38.1 Å². The zero-order valence-electron chi connectivity index (χ0n) is 9.24. The second-order valence-electron chi connectivity index (χ2n) is 3.97. The van der Waals surface area contributed by atoms with Crippen LogP contribution in [0.15, 0.2) is 34.9 Å². The highest BCUT2D eigenvalue weighted by molar-refractivity contribution is 9.10. The third-order valence-corrected chi connectivity index (χ3v) is 3.31. The predicted octanol–water partition coefficient (Wildman–Crippen LogP) is 2.91. The molecule has 2 aromatic heterocycles. The van der Waals surface area contributed by atoms with Gasteiger partial charge in [-0.2, -0.15) is 5.10 Å². The van der Waals surface area contributed by atoms with Crippen molar-refractivity contribution in [2.24, 2.45) is 7.05 Å². The first-order valence-electron chi connectivity index (χ1n) is 5.21. The molecule has 0 radical (unpaired) electrons. The van der Waals surface area contributed by atoms with Gasteiger partial charge >= 0.3 is 0 Å². The van der Waals surface area contributed by atoms with Crippen LogP contribution in [0.3, 0.4) is 0 Å². The minimum atomic E-state index is 0.536. The van der Waals surface area contributed by atoms with Crippen LogP contribution in [0.5, 0.6) is 0 Å². The lowest BCUT2D eigenvalue weighted by molar-refractivity contribution is 0.781. The summed E-state index contributed by atoms with van der Waals surface area (Å²) in [6.45, 7) is 0. The maximum Gasteiger partial charge on any atom is 0.146 e. The minimum Gasteiger partial charge on any atom is -0.382 e. The summed E-state index contributed by atoms with van der Waals surface area (Å²) in [5.74, 6) is 0.536. The van der Waals surface area contributed by atoms with Gasteiger partial charge in [-0.25, -0.2) is 0 Å². The van der Waals surface area contributed by atoms with Gasteiger partial charge in [0.05, 0.1) is 5.69 Å². The van der Waals surface area contributed by atoms with Gasteiger partial charge in [0, 0.05) is 40.2 Å². The maximum absolute atomic E-state index is 5.70. The van der Waals surface area contributed by atoms with Crippen molar-refractivity contribution >= 4 is 32.7 Å². The summed E-state index contributed by atoms with van der Waals surface area (Å²) in [7, 11) is 1.89. The fraction of sp³-hybridized carbons (Fsp3) is 0.0833. The largest absolute Gasteiger partial charge is 0.382 e. The molecule has 5 heteroatoms. The van der Waals surface area contributed by atoms with Crippen molar-refractivity contribution in [2.75, 3.05) is 5.73 Å². The molecule has 4 nitrogen and oxygen atoms in total. The molecule has 3 aromatic rings. The lowest BCUT2D eigenvalue weighted by Gasteiger charge is -1.99. The molecule has 0 atom stereocenters. The molecular formula is C12H11BrN4. The molecule has 2 heterocycles. The van der Waals surface area contributed by atoms with E-state index >= 15 is 0 Å². The number of nitrogen functional groups attached to an aromatic ring is 1. The second kappa shape index (κ2) is 3.63. The summed E-state index contributed by atoms with van der Waals surface area (Å²) < 4.78 is 2.85. The first kappa shape index (κ1) is 10.4. The Kier molecular flexibility index (Phi) is 2.22. The van der Waals surface area contributed by atoms with Crippen LogP contribution in [-0.2, 0) is 7.05 Å². The van der Waals surface area contributed by atoms with Gasteiger partial charge in [-0.05, 0) is 12.1 Å². The van der Waals surface area contributed by atoms with Gasteiger partial charge in [0.1, 0.15) is 5.82 Å². The zero-order valence-corrected chi connectivity index (χ0v) is 10.8. The van der Waals surface area contributed by atoms with Crippen LogP contribution in [0, 0.1) is 0 Å². The fourth-order valence-electron chi connectivity index (χ4n) is 2.05. The quantitative estimate of drug-likeness (QED) is 0.724. The monoisotopic (exact) mass is 290 g/mol. The van der Waals surface area contributed by atoms with E-state index in [1.807, 2.05) is 25.4 Å². The third-order valence-electron chi connectivity index (χ3n) is 2.82. The van der Waals surface area contributed by atoms with Crippen LogP contribution in [0.4, 0.5) is 5.82 Å². The Morgan fingerprint density at radius 2 is 2.18 bits per heavy atom. The van der Waals surface area contributed by atoms with Gasteiger partial charge < -0.3 is 10.7 Å². The molecule has 17 heavy (non-hydrogen) atoms. The molecule has 3 rings (SSSR count). The normalized spacial score (nSPS) is 11.2. The van der Waals surface area contributed by atoms with E-state index < -0.39 is 0 Å². The summed E-state index contributed by atoms with van der Waals surface area (Å²) in [6.07, 6.45) is 1.98. The van der Waals surface area contributed by atoms with E-state index in [9.17, 15) is 0 Å². The van der Waals surface area contributed by atoms with Crippen molar-refractivity contribution in [3.05, 3.63) is 34.9 Å². The molecule has 0 spiro atoms. The summed E-state index contributed by atoms with van der Waals surface area (Å²) in [6, 6.07) is 8.04. The number of aryl methyl sites for hydroxylation is 1. The zero-order chi connectivity index (χ0) is 12.0. The molecule has 0 aliphatic heterocycles. The number of benzene rings is 1. The number of rotatable bonds is 1. The minimum absolute atomic E-state index is 0.536. The van der Waals surface area contributed by atoms with Crippen molar-refractivity contribution in [1.82, 2.24) is 14.8 Å². The molecule has 0 aliphatic carbocycles. The van der Waals surface area contributed by atoms with Crippen LogP contribution in [0.25, 0.3) is 22.2 Å². The number of aromatic nitrogens is 3. The summed E-state index contributed by atoms with van der Waals surface area (Å²) in [4.78, 5) is 3.25. The number of fused-ring (bicyclic) bond motifs is 1. The Bertz CT molecular complexity index is 696.